The molecule has 2 aromatic rings. The Kier molecular flexibility index (Phi) is 3.41. The molecule has 0 radical (unpaired) electrons. The number of hydrogen-bond donors (Lipinski definition) is 0. The van der Waals surface area contributed by atoms with Gasteiger partial charge in [0.05, 0.1) is 19.1 Å². The Hall–Kier alpha value is -2.17. The van der Waals surface area contributed by atoms with Crippen LogP contribution in [0.3, 0.4) is 0 Å². The number of ether oxygens (including phenoxy) is 1. The van der Waals surface area contributed by atoms with Crippen LogP contribution in [0.1, 0.15) is 21.7 Å². The fourth-order valence-corrected chi connectivity index (χ4v) is 1.76. The van der Waals surface area contributed by atoms with Crippen molar-refractivity contribution in [3.63, 3.8) is 0 Å². The number of aromatic nitrogens is 3. The van der Waals surface area contributed by atoms with Crippen LogP contribution in [0, 0.1) is 6.92 Å². The van der Waals surface area contributed by atoms with Crippen LogP contribution in [0.2, 0.25) is 0 Å². The second kappa shape index (κ2) is 5.00. The van der Waals surface area contributed by atoms with Gasteiger partial charge in [-0.15, -0.1) is 0 Å². The number of carbonyl (C=O) groups excluding carboxylic acids is 1. The first-order valence-electron chi connectivity index (χ1n) is 5.62. The van der Waals surface area contributed by atoms with Crippen molar-refractivity contribution in [3.05, 3.63) is 41.5 Å². The molecule has 0 fully saturated rings. The second-order valence-electron chi connectivity index (χ2n) is 4.10. The second-order valence-corrected chi connectivity index (χ2v) is 4.10. The Morgan fingerprint density at radius 3 is 2.83 bits per heavy atom. The fraction of sp³-hybridized carbons (Fsp3) is 0.308. The molecule has 0 aliphatic carbocycles. The molecule has 0 spiro atoms. The largest absolute Gasteiger partial charge is 0.496 e. The van der Waals surface area contributed by atoms with Crippen LogP contribution in [0.4, 0.5) is 0 Å². The first kappa shape index (κ1) is 12.3. The first-order chi connectivity index (χ1) is 8.61. The Bertz CT molecular complexity index is 575. The van der Waals surface area contributed by atoms with Crippen LogP contribution in [0.15, 0.2) is 24.5 Å². The van der Waals surface area contributed by atoms with E-state index in [1.165, 1.54) is 6.33 Å². The molecule has 1 heterocycles. The number of hydrogen-bond acceptors (Lipinski definition) is 4. The molecule has 0 bridgehead atoms. The highest BCUT2D eigenvalue weighted by Crippen LogP contribution is 2.21. The SMILES string of the molecule is COc1ccc(C)cc1C(=O)Cc1ncnn1C. The van der Waals surface area contributed by atoms with Gasteiger partial charge in [0.2, 0.25) is 0 Å². The van der Waals surface area contributed by atoms with Gasteiger partial charge in [0, 0.05) is 7.05 Å². The van der Waals surface area contributed by atoms with Gasteiger partial charge in [0.15, 0.2) is 5.78 Å². The summed E-state index contributed by atoms with van der Waals surface area (Å²) in [5, 5.41) is 3.95. The van der Waals surface area contributed by atoms with Gasteiger partial charge in [0.1, 0.15) is 17.9 Å². The van der Waals surface area contributed by atoms with E-state index in [9.17, 15) is 4.79 Å². The zero-order valence-corrected chi connectivity index (χ0v) is 10.7. The number of nitrogens with zero attached hydrogens (tertiary/aromatic N) is 3. The summed E-state index contributed by atoms with van der Waals surface area (Å²) in [5.41, 5.74) is 1.61. The molecular weight excluding hydrogens is 230 g/mol. The minimum absolute atomic E-state index is 0.0216. The summed E-state index contributed by atoms with van der Waals surface area (Å²) in [4.78, 5) is 16.3. The number of benzene rings is 1. The summed E-state index contributed by atoms with van der Waals surface area (Å²) in [7, 11) is 3.33. The molecule has 94 valence electrons. The quantitative estimate of drug-likeness (QED) is 0.767. The van der Waals surface area contributed by atoms with Gasteiger partial charge in [-0.3, -0.25) is 9.48 Å². The van der Waals surface area contributed by atoms with Gasteiger partial charge in [-0.1, -0.05) is 11.6 Å². The third-order valence-corrected chi connectivity index (χ3v) is 2.78. The molecule has 0 N–H and O–H groups in total. The van der Waals surface area contributed by atoms with E-state index in [0.717, 1.165) is 5.56 Å². The summed E-state index contributed by atoms with van der Waals surface area (Å²) >= 11 is 0. The summed E-state index contributed by atoms with van der Waals surface area (Å²) in [6.07, 6.45) is 1.66. The molecule has 2 rings (SSSR count). The maximum Gasteiger partial charge on any atom is 0.174 e. The van der Waals surface area contributed by atoms with Crippen molar-refractivity contribution in [3.8, 4) is 5.75 Å². The van der Waals surface area contributed by atoms with Crippen LogP contribution in [-0.2, 0) is 13.5 Å². The zero-order valence-electron chi connectivity index (χ0n) is 10.7. The average Bonchev–Trinajstić information content (AvgIpc) is 2.75. The van der Waals surface area contributed by atoms with Gasteiger partial charge in [0.25, 0.3) is 0 Å². The minimum Gasteiger partial charge on any atom is -0.496 e. The smallest absolute Gasteiger partial charge is 0.174 e. The first-order valence-corrected chi connectivity index (χ1v) is 5.62. The average molecular weight is 245 g/mol. The van der Waals surface area contributed by atoms with Gasteiger partial charge in [-0.25, -0.2) is 4.98 Å². The van der Waals surface area contributed by atoms with Gasteiger partial charge in [-0.05, 0) is 19.1 Å². The normalized spacial score (nSPS) is 10.4. The Morgan fingerprint density at radius 1 is 1.44 bits per heavy atom. The van der Waals surface area contributed by atoms with Crippen molar-refractivity contribution in [1.29, 1.82) is 0 Å². The minimum atomic E-state index is -0.0216. The summed E-state index contributed by atoms with van der Waals surface area (Å²) in [6.45, 7) is 1.94. The monoisotopic (exact) mass is 245 g/mol. The van der Waals surface area contributed by atoms with E-state index in [2.05, 4.69) is 10.1 Å². The van der Waals surface area contributed by atoms with E-state index in [-0.39, 0.29) is 12.2 Å². The van der Waals surface area contributed by atoms with E-state index in [0.29, 0.717) is 17.1 Å². The zero-order chi connectivity index (χ0) is 13.1. The highest BCUT2D eigenvalue weighted by atomic mass is 16.5. The fourth-order valence-electron chi connectivity index (χ4n) is 1.76. The maximum absolute atomic E-state index is 12.2. The van der Waals surface area contributed by atoms with Gasteiger partial charge in [-0.2, -0.15) is 5.10 Å². The van der Waals surface area contributed by atoms with Crippen molar-refractivity contribution in [2.45, 2.75) is 13.3 Å². The van der Waals surface area contributed by atoms with Crippen molar-refractivity contribution >= 4 is 5.78 Å². The summed E-state index contributed by atoms with van der Waals surface area (Å²) in [5.74, 6) is 1.21. The van der Waals surface area contributed by atoms with E-state index in [4.69, 9.17) is 4.74 Å². The molecule has 0 aliphatic heterocycles. The van der Waals surface area contributed by atoms with E-state index >= 15 is 0 Å². The standard InChI is InChI=1S/C13H15N3O2/c1-9-4-5-12(18-3)10(6-9)11(17)7-13-14-8-15-16(13)2/h4-6,8H,7H2,1-3H3. The molecule has 0 amide bonds. The lowest BCUT2D eigenvalue weighted by Gasteiger charge is -2.08. The molecule has 5 nitrogen and oxygen atoms in total. The molecule has 1 aromatic carbocycles. The number of methoxy groups -OCH3 is 1. The number of rotatable bonds is 4. The summed E-state index contributed by atoms with van der Waals surface area (Å²) < 4.78 is 6.80. The molecule has 0 saturated carbocycles. The lowest BCUT2D eigenvalue weighted by atomic mass is 10.0. The lowest BCUT2D eigenvalue weighted by molar-refractivity contribution is 0.0986. The van der Waals surface area contributed by atoms with Crippen LogP contribution in [0.5, 0.6) is 5.75 Å². The molecule has 0 aliphatic rings. The molecule has 5 heteroatoms. The predicted octanol–water partition coefficient (Wildman–Crippen LogP) is 1.56. The lowest BCUT2D eigenvalue weighted by Crippen LogP contribution is -2.10. The Morgan fingerprint density at radius 2 is 2.22 bits per heavy atom. The van der Waals surface area contributed by atoms with Gasteiger partial charge >= 0.3 is 0 Å². The third-order valence-electron chi connectivity index (χ3n) is 2.78. The number of aryl methyl sites for hydroxylation is 2. The van der Waals surface area contributed by atoms with Crippen LogP contribution in [-0.4, -0.2) is 27.7 Å². The van der Waals surface area contributed by atoms with Crippen molar-refractivity contribution < 1.29 is 9.53 Å². The maximum atomic E-state index is 12.2. The van der Waals surface area contributed by atoms with Crippen molar-refractivity contribution in [1.82, 2.24) is 14.8 Å². The van der Waals surface area contributed by atoms with Crippen LogP contribution in [0.25, 0.3) is 0 Å². The predicted molar refractivity (Wildman–Crippen MR) is 66.8 cm³/mol. The van der Waals surface area contributed by atoms with E-state index < -0.39 is 0 Å². The molecule has 0 unspecified atom stereocenters. The molecular formula is C13H15N3O2. The summed E-state index contributed by atoms with van der Waals surface area (Å²) in [6, 6.07) is 5.55. The third kappa shape index (κ3) is 2.40. The van der Waals surface area contributed by atoms with Crippen LogP contribution >= 0.6 is 0 Å². The number of carbonyl (C=O) groups is 1. The molecule has 0 saturated heterocycles. The number of ketones is 1. The van der Waals surface area contributed by atoms with Crippen molar-refractivity contribution in [2.24, 2.45) is 7.05 Å². The van der Waals surface area contributed by atoms with Crippen LogP contribution < -0.4 is 4.74 Å². The highest BCUT2D eigenvalue weighted by Gasteiger charge is 2.15. The topological polar surface area (TPSA) is 57.0 Å². The molecule has 18 heavy (non-hydrogen) atoms. The Balaban J connectivity index is 2.29. The van der Waals surface area contributed by atoms with E-state index in [1.54, 1.807) is 24.9 Å². The van der Waals surface area contributed by atoms with Crippen molar-refractivity contribution in [2.75, 3.05) is 7.11 Å². The van der Waals surface area contributed by atoms with Gasteiger partial charge < -0.3 is 4.74 Å². The number of Topliss-reactive ketones (excluding diaryl/α,β-unsaturated/α-hetero) is 1. The molecule has 0 atom stereocenters. The van der Waals surface area contributed by atoms with E-state index in [1.807, 2.05) is 19.1 Å². The highest BCUT2D eigenvalue weighted by molar-refractivity contribution is 5.99. The molecule has 1 aromatic heterocycles. The Labute approximate surface area is 105 Å².